The van der Waals surface area contributed by atoms with Crippen molar-refractivity contribution >= 4 is 17.2 Å². The average Bonchev–Trinajstić information content (AvgIpc) is 2.82. The summed E-state index contributed by atoms with van der Waals surface area (Å²) in [6, 6.07) is 4.69. The van der Waals surface area contributed by atoms with Gasteiger partial charge in [-0.25, -0.2) is 0 Å². The third-order valence-electron chi connectivity index (χ3n) is 2.35. The highest BCUT2D eigenvalue weighted by molar-refractivity contribution is 7.09. The van der Waals surface area contributed by atoms with E-state index in [-0.39, 0.29) is 5.91 Å². The van der Waals surface area contributed by atoms with Crippen molar-refractivity contribution in [3.05, 3.63) is 22.4 Å². The van der Waals surface area contributed by atoms with Crippen LogP contribution in [0.25, 0.3) is 0 Å². The van der Waals surface area contributed by atoms with Crippen molar-refractivity contribution in [3.8, 4) is 0 Å². The van der Waals surface area contributed by atoms with E-state index < -0.39 is 0 Å². The zero-order chi connectivity index (χ0) is 9.80. The number of thiophene rings is 1. The molecule has 0 bridgehead atoms. The lowest BCUT2D eigenvalue weighted by molar-refractivity contribution is -0.121. The first-order chi connectivity index (χ1) is 6.84. The molecule has 14 heavy (non-hydrogen) atoms. The van der Waals surface area contributed by atoms with Gasteiger partial charge in [-0.05, 0) is 37.1 Å². The summed E-state index contributed by atoms with van der Waals surface area (Å²) >= 11 is 1.77. The minimum Gasteiger partial charge on any atom is -0.353 e. The van der Waals surface area contributed by atoms with E-state index in [9.17, 15) is 4.79 Å². The van der Waals surface area contributed by atoms with E-state index in [0.717, 1.165) is 12.8 Å². The van der Waals surface area contributed by atoms with Gasteiger partial charge in [0.25, 0.3) is 0 Å². The summed E-state index contributed by atoms with van der Waals surface area (Å²) in [5.41, 5.74) is 0. The number of hydrogen-bond acceptors (Lipinski definition) is 2. The van der Waals surface area contributed by atoms with Crippen LogP contribution in [0, 0.1) is 0 Å². The van der Waals surface area contributed by atoms with Crippen LogP contribution in [0.5, 0.6) is 0 Å². The first-order valence-corrected chi connectivity index (χ1v) is 6.04. The van der Waals surface area contributed by atoms with Crippen LogP contribution >= 0.6 is 11.3 Å². The molecule has 0 aliphatic heterocycles. The molecule has 2 nitrogen and oxygen atoms in total. The predicted octanol–water partition coefficient (Wildman–Crippen LogP) is 2.35. The minimum atomic E-state index is 0.226. The summed E-state index contributed by atoms with van der Waals surface area (Å²) in [6.07, 6.45) is 5.04. The Hall–Kier alpha value is -0.830. The Morgan fingerprint density at radius 2 is 2.43 bits per heavy atom. The Morgan fingerprint density at radius 3 is 3.07 bits per heavy atom. The van der Waals surface area contributed by atoms with Crippen LogP contribution in [0.2, 0.25) is 0 Å². The number of hydrogen-bond donors (Lipinski definition) is 1. The molecule has 0 aromatic carbocycles. The topological polar surface area (TPSA) is 29.1 Å². The monoisotopic (exact) mass is 209 g/mol. The molecule has 0 saturated heterocycles. The summed E-state index contributed by atoms with van der Waals surface area (Å²) in [5, 5.41) is 5.08. The molecule has 0 radical (unpaired) electrons. The largest absolute Gasteiger partial charge is 0.353 e. The Bertz CT molecular complexity index is 290. The van der Waals surface area contributed by atoms with Gasteiger partial charge in [-0.15, -0.1) is 11.3 Å². The third kappa shape index (κ3) is 3.14. The number of nitrogens with one attached hydrogen (secondary N) is 1. The van der Waals surface area contributed by atoms with E-state index in [1.165, 1.54) is 17.7 Å². The number of rotatable bonds is 5. The first kappa shape index (κ1) is 9.71. The van der Waals surface area contributed by atoms with Crippen molar-refractivity contribution in [2.24, 2.45) is 0 Å². The molecule has 1 aliphatic carbocycles. The summed E-state index contributed by atoms with van der Waals surface area (Å²) in [4.78, 5) is 12.7. The summed E-state index contributed by atoms with van der Waals surface area (Å²) in [6.45, 7) is 0. The van der Waals surface area contributed by atoms with Gasteiger partial charge in [0.15, 0.2) is 0 Å². The molecule has 1 amide bonds. The van der Waals surface area contributed by atoms with Crippen molar-refractivity contribution < 1.29 is 4.79 Å². The molecule has 1 N–H and O–H groups in total. The van der Waals surface area contributed by atoms with Crippen LogP contribution in [0.3, 0.4) is 0 Å². The van der Waals surface area contributed by atoms with Crippen molar-refractivity contribution in [3.63, 3.8) is 0 Å². The lowest BCUT2D eigenvalue weighted by Gasteiger charge is -2.01. The van der Waals surface area contributed by atoms with Gasteiger partial charge in [0, 0.05) is 17.3 Å². The molecule has 1 heterocycles. The molecule has 1 aliphatic rings. The van der Waals surface area contributed by atoms with Gasteiger partial charge in [0.05, 0.1) is 0 Å². The van der Waals surface area contributed by atoms with Gasteiger partial charge in [-0.1, -0.05) is 6.07 Å². The SMILES string of the molecule is O=C(CCCc1cccs1)NC1CC1. The Morgan fingerprint density at radius 1 is 1.57 bits per heavy atom. The quantitative estimate of drug-likeness (QED) is 0.792. The molecular weight excluding hydrogens is 194 g/mol. The molecule has 1 fully saturated rings. The normalized spacial score (nSPS) is 15.4. The maximum atomic E-state index is 11.3. The van der Waals surface area contributed by atoms with Crippen LogP contribution in [0.15, 0.2) is 17.5 Å². The molecule has 0 atom stereocenters. The fourth-order valence-electron chi connectivity index (χ4n) is 1.41. The van der Waals surface area contributed by atoms with Crippen molar-refractivity contribution in [1.29, 1.82) is 0 Å². The van der Waals surface area contributed by atoms with Crippen LogP contribution < -0.4 is 5.32 Å². The van der Waals surface area contributed by atoms with Crippen LogP contribution in [0.4, 0.5) is 0 Å². The zero-order valence-corrected chi connectivity index (χ0v) is 8.98. The van der Waals surface area contributed by atoms with E-state index in [1.807, 2.05) is 0 Å². The molecule has 0 spiro atoms. The van der Waals surface area contributed by atoms with Gasteiger partial charge < -0.3 is 5.32 Å². The molecule has 1 aromatic rings. The Balaban J connectivity index is 1.60. The van der Waals surface area contributed by atoms with Crippen molar-refractivity contribution in [1.82, 2.24) is 5.32 Å². The van der Waals surface area contributed by atoms with E-state index >= 15 is 0 Å². The van der Waals surface area contributed by atoms with E-state index in [2.05, 4.69) is 22.8 Å². The van der Waals surface area contributed by atoms with Crippen LogP contribution in [-0.2, 0) is 11.2 Å². The molecule has 2 rings (SSSR count). The fraction of sp³-hybridized carbons (Fsp3) is 0.545. The van der Waals surface area contributed by atoms with Gasteiger partial charge >= 0.3 is 0 Å². The van der Waals surface area contributed by atoms with Crippen LogP contribution in [0.1, 0.15) is 30.6 Å². The van der Waals surface area contributed by atoms with Crippen LogP contribution in [-0.4, -0.2) is 11.9 Å². The fourth-order valence-corrected chi connectivity index (χ4v) is 2.16. The van der Waals surface area contributed by atoms with E-state index in [0.29, 0.717) is 12.5 Å². The van der Waals surface area contributed by atoms with Crippen molar-refractivity contribution in [2.75, 3.05) is 0 Å². The standard InChI is InChI=1S/C11H15NOS/c13-11(12-9-6-7-9)5-1-3-10-4-2-8-14-10/h2,4,8-9H,1,3,5-7H2,(H,12,13). The number of carbonyl (C=O) groups is 1. The second kappa shape index (κ2) is 4.60. The smallest absolute Gasteiger partial charge is 0.220 e. The van der Waals surface area contributed by atoms with Gasteiger partial charge in [-0.3, -0.25) is 4.79 Å². The Kier molecular flexibility index (Phi) is 3.19. The van der Waals surface area contributed by atoms with E-state index in [1.54, 1.807) is 11.3 Å². The van der Waals surface area contributed by atoms with Gasteiger partial charge in [-0.2, -0.15) is 0 Å². The zero-order valence-electron chi connectivity index (χ0n) is 8.16. The average molecular weight is 209 g/mol. The summed E-state index contributed by atoms with van der Waals surface area (Å²) < 4.78 is 0. The third-order valence-corrected chi connectivity index (χ3v) is 3.29. The molecular formula is C11H15NOS. The molecule has 1 aromatic heterocycles. The van der Waals surface area contributed by atoms with Gasteiger partial charge in [0.1, 0.15) is 0 Å². The van der Waals surface area contributed by atoms with Gasteiger partial charge in [0.2, 0.25) is 5.91 Å². The Labute approximate surface area is 88.3 Å². The second-order valence-corrected chi connectivity index (χ2v) is 4.81. The predicted molar refractivity (Wildman–Crippen MR) is 58.4 cm³/mol. The maximum Gasteiger partial charge on any atom is 0.220 e. The summed E-state index contributed by atoms with van der Waals surface area (Å²) in [7, 11) is 0. The van der Waals surface area contributed by atoms with Crippen molar-refractivity contribution in [2.45, 2.75) is 38.1 Å². The first-order valence-electron chi connectivity index (χ1n) is 5.16. The molecule has 0 unspecified atom stereocenters. The number of aryl methyl sites for hydroxylation is 1. The second-order valence-electron chi connectivity index (χ2n) is 3.77. The maximum absolute atomic E-state index is 11.3. The molecule has 76 valence electrons. The highest BCUT2D eigenvalue weighted by Gasteiger charge is 2.22. The molecule has 3 heteroatoms. The minimum absolute atomic E-state index is 0.226. The summed E-state index contributed by atoms with van der Waals surface area (Å²) in [5.74, 6) is 0.226. The highest BCUT2D eigenvalue weighted by Crippen LogP contribution is 2.19. The van der Waals surface area contributed by atoms with E-state index in [4.69, 9.17) is 0 Å². The number of carbonyl (C=O) groups excluding carboxylic acids is 1. The molecule has 1 saturated carbocycles. The highest BCUT2D eigenvalue weighted by atomic mass is 32.1. The lowest BCUT2D eigenvalue weighted by Crippen LogP contribution is -2.24. The number of amides is 1. The lowest BCUT2D eigenvalue weighted by atomic mass is 10.2.